The molecule has 3 N–H and O–H groups in total. The number of benzene rings is 4. The van der Waals surface area contributed by atoms with Crippen LogP contribution in [0.25, 0.3) is 0 Å². The third-order valence-corrected chi connectivity index (χ3v) is 8.68. The molecule has 0 heterocycles. The number of carbonyl (C=O) groups is 2. The summed E-state index contributed by atoms with van der Waals surface area (Å²) in [5.41, 5.74) is -0.624. The molecule has 0 aromatic heterocycles. The maximum absolute atomic E-state index is 13.3. The van der Waals surface area contributed by atoms with Gasteiger partial charge in [0.25, 0.3) is 26.0 Å². The fourth-order valence-corrected chi connectivity index (χ4v) is 5.89. The molecular formula is C29H25F2N3O9S2. The van der Waals surface area contributed by atoms with Gasteiger partial charge in [-0.3, -0.25) is 14.2 Å². The molecule has 0 saturated carbocycles. The highest BCUT2D eigenvalue weighted by Crippen LogP contribution is 2.27. The largest absolute Gasteiger partial charge is 0.497 e. The number of carbonyl (C=O) groups excluding carboxylic acids is 2. The molecule has 0 aliphatic heterocycles. The smallest absolute Gasteiger partial charge is 0.338 e. The average Bonchev–Trinajstić information content (AvgIpc) is 2.99. The van der Waals surface area contributed by atoms with Crippen LogP contribution < -0.4 is 24.2 Å². The Morgan fingerprint density at radius 1 is 0.644 bits per heavy atom. The van der Waals surface area contributed by atoms with Crippen LogP contribution in [0.5, 0.6) is 11.5 Å². The first-order valence-electron chi connectivity index (χ1n) is 12.7. The average molecular weight is 662 g/mol. The quantitative estimate of drug-likeness (QED) is 0.187. The molecule has 0 bridgehead atoms. The van der Waals surface area contributed by atoms with Crippen molar-refractivity contribution in [2.24, 2.45) is 0 Å². The molecule has 4 aromatic carbocycles. The molecule has 0 spiro atoms. The number of hydrogen-bond donors (Lipinski definition) is 3. The van der Waals surface area contributed by atoms with Gasteiger partial charge in [-0.1, -0.05) is 0 Å². The van der Waals surface area contributed by atoms with Gasteiger partial charge in [0.2, 0.25) is 0 Å². The summed E-state index contributed by atoms with van der Waals surface area (Å²) in [4.78, 5) is 24.8. The van der Waals surface area contributed by atoms with Crippen LogP contribution in [0.15, 0.2) is 94.7 Å². The normalized spacial score (nSPS) is 11.3. The fourth-order valence-electron chi connectivity index (χ4n) is 3.81. The van der Waals surface area contributed by atoms with E-state index in [1.54, 1.807) is 6.07 Å². The lowest BCUT2D eigenvalue weighted by Crippen LogP contribution is -2.21. The van der Waals surface area contributed by atoms with Crippen molar-refractivity contribution >= 4 is 49.0 Å². The Labute approximate surface area is 257 Å². The van der Waals surface area contributed by atoms with Crippen LogP contribution >= 0.6 is 0 Å². The third-order valence-electron chi connectivity index (χ3n) is 5.89. The summed E-state index contributed by atoms with van der Waals surface area (Å²) in [5.74, 6) is -2.44. The molecule has 0 fully saturated rings. The van der Waals surface area contributed by atoms with E-state index >= 15 is 0 Å². The van der Waals surface area contributed by atoms with Crippen molar-refractivity contribution in [3.05, 3.63) is 102 Å². The summed E-state index contributed by atoms with van der Waals surface area (Å²) in [7, 11) is -5.83. The van der Waals surface area contributed by atoms with E-state index in [0.29, 0.717) is 11.5 Å². The number of rotatable bonds is 12. The van der Waals surface area contributed by atoms with Crippen LogP contribution in [-0.4, -0.2) is 49.5 Å². The minimum absolute atomic E-state index is 0.279. The number of nitrogens with one attached hydrogen (secondary N) is 3. The van der Waals surface area contributed by atoms with Crippen molar-refractivity contribution < 1.29 is 49.4 Å². The second-order valence-corrected chi connectivity index (χ2v) is 12.5. The van der Waals surface area contributed by atoms with Crippen LogP contribution in [0.1, 0.15) is 10.4 Å². The zero-order chi connectivity index (χ0) is 32.8. The zero-order valence-corrected chi connectivity index (χ0v) is 25.2. The van der Waals surface area contributed by atoms with Crippen LogP contribution in [0, 0.1) is 11.6 Å². The van der Waals surface area contributed by atoms with Crippen molar-refractivity contribution in [2.45, 2.75) is 9.79 Å². The van der Waals surface area contributed by atoms with Crippen molar-refractivity contribution in [2.75, 3.05) is 35.6 Å². The van der Waals surface area contributed by atoms with Crippen LogP contribution in [-0.2, 0) is 29.6 Å². The number of sulfonamides is 2. The molecule has 45 heavy (non-hydrogen) atoms. The van der Waals surface area contributed by atoms with Gasteiger partial charge in [0.05, 0.1) is 40.9 Å². The molecule has 12 nitrogen and oxygen atoms in total. The van der Waals surface area contributed by atoms with Crippen LogP contribution in [0.3, 0.4) is 0 Å². The molecule has 236 valence electrons. The maximum Gasteiger partial charge on any atom is 0.338 e. The number of hydrogen-bond acceptors (Lipinski definition) is 9. The molecule has 16 heteroatoms. The van der Waals surface area contributed by atoms with Gasteiger partial charge >= 0.3 is 5.97 Å². The summed E-state index contributed by atoms with van der Waals surface area (Å²) in [5, 5.41) is 2.51. The highest BCUT2D eigenvalue weighted by Gasteiger charge is 2.21. The molecule has 0 saturated heterocycles. The molecule has 0 unspecified atom stereocenters. The first-order valence-corrected chi connectivity index (χ1v) is 15.7. The van der Waals surface area contributed by atoms with E-state index in [4.69, 9.17) is 14.2 Å². The topological polar surface area (TPSA) is 166 Å². The second kappa shape index (κ2) is 13.6. The Morgan fingerprint density at radius 3 is 1.51 bits per heavy atom. The van der Waals surface area contributed by atoms with E-state index in [9.17, 15) is 35.2 Å². The number of methoxy groups -OCH3 is 2. The van der Waals surface area contributed by atoms with E-state index in [1.165, 1.54) is 26.4 Å². The van der Waals surface area contributed by atoms with Crippen molar-refractivity contribution in [1.29, 1.82) is 0 Å². The highest BCUT2D eigenvalue weighted by molar-refractivity contribution is 7.93. The first kappa shape index (κ1) is 32.7. The predicted molar refractivity (Wildman–Crippen MR) is 159 cm³/mol. The molecular weight excluding hydrogens is 636 g/mol. The maximum atomic E-state index is 13.3. The van der Waals surface area contributed by atoms with E-state index in [-0.39, 0.29) is 32.4 Å². The van der Waals surface area contributed by atoms with Gasteiger partial charge in [0.15, 0.2) is 6.61 Å². The van der Waals surface area contributed by atoms with Gasteiger partial charge in [-0.15, -0.1) is 0 Å². The summed E-state index contributed by atoms with van der Waals surface area (Å²) >= 11 is 0. The molecule has 4 aromatic rings. The summed E-state index contributed by atoms with van der Waals surface area (Å²) in [6.07, 6.45) is 0. The fraction of sp³-hybridized carbons (Fsp3) is 0.103. The van der Waals surface area contributed by atoms with Crippen molar-refractivity contribution in [1.82, 2.24) is 0 Å². The number of anilines is 3. The number of ether oxygens (including phenoxy) is 3. The van der Waals surface area contributed by atoms with Crippen LogP contribution in [0.4, 0.5) is 25.8 Å². The lowest BCUT2D eigenvalue weighted by molar-refractivity contribution is -0.119. The summed E-state index contributed by atoms with van der Waals surface area (Å²) in [6.45, 7) is -0.777. The number of esters is 1. The zero-order valence-electron chi connectivity index (χ0n) is 23.5. The van der Waals surface area contributed by atoms with Crippen molar-refractivity contribution in [3.63, 3.8) is 0 Å². The molecule has 0 radical (unpaired) electrons. The lowest BCUT2D eigenvalue weighted by Gasteiger charge is -2.14. The monoisotopic (exact) mass is 661 g/mol. The van der Waals surface area contributed by atoms with Gasteiger partial charge in [-0.2, -0.15) is 0 Å². The predicted octanol–water partition coefficient (Wildman–Crippen LogP) is 4.38. The third kappa shape index (κ3) is 8.67. The minimum atomic E-state index is -4.33. The Hall–Kier alpha value is -5.22. The first-order chi connectivity index (χ1) is 21.3. The second-order valence-electron chi connectivity index (χ2n) is 9.14. The Bertz CT molecular complexity index is 1820. The van der Waals surface area contributed by atoms with E-state index in [0.717, 1.165) is 66.7 Å². The molecule has 0 atom stereocenters. The van der Waals surface area contributed by atoms with Gasteiger partial charge in [0.1, 0.15) is 23.1 Å². The SMILES string of the molecule is COc1cc(NC(=O)COC(=O)c2cc(NS(=O)(=O)c3ccc(F)cc3)cc(NS(=O)(=O)c3ccc(F)cc3)c2)cc(OC)c1. The Balaban J connectivity index is 1.59. The van der Waals surface area contributed by atoms with Crippen molar-refractivity contribution in [3.8, 4) is 11.5 Å². The van der Waals surface area contributed by atoms with E-state index in [2.05, 4.69) is 14.8 Å². The number of halogens is 2. The van der Waals surface area contributed by atoms with Gasteiger partial charge in [-0.25, -0.2) is 30.4 Å². The molecule has 0 aliphatic carbocycles. The van der Waals surface area contributed by atoms with Gasteiger partial charge < -0.3 is 19.5 Å². The standard InChI is InChI=1S/C29H25F2N3O9S2/c1-41-24-14-21(15-25(16-24)42-2)32-28(35)17-43-29(36)18-11-22(33-44(37,38)26-7-3-19(30)4-8-26)13-23(12-18)34-45(39,40)27-9-5-20(31)6-10-27/h3-16,33-34H,17H2,1-2H3,(H,32,35). The number of amides is 1. The summed E-state index contributed by atoms with van der Waals surface area (Å²) in [6, 6.07) is 15.5. The van der Waals surface area contributed by atoms with E-state index < -0.39 is 50.2 Å². The van der Waals surface area contributed by atoms with Crippen LogP contribution in [0.2, 0.25) is 0 Å². The molecule has 0 aliphatic rings. The van der Waals surface area contributed by atoms with Gasteiger partial charge in [-0.05, 0) is 66.7 Å². The van der Waals surface area contributed by atoms with Gasteiger partial charge in [0, 0.05) is 23.9 Å². The molecule has 4 rings (SSSR count). The van der Waals surface area contributed by atoms with E-state index in [1.807, 2.05) is 0 Å². The summed E-state index contributed by atoms with van der Waals surface area (Å²) < 4.78 is 98.2. The minimum Gasteiger partial charge on any atom is -0.497 e. The lowest BCUT2D eigenvalue weighted by atomic mass is 10.2. The molecule has 1 amide bonds. The highest BCUT2D eigenvalue weighted by atomic mass is 32.2. The Morgan fingerprint density at radius 2 is 1.09 bits per heavy atom. The Kier molecular flexibility index (Phi) is 9.88.